The van der Waals surface area contributed by atoms with Gasteiger partial charge >= 0.3 is 0 Å². The molecule has 0 saturated carbocycles. The number of rotatable bonds is 8. The van der Waals surface area contributed by atoms with Crippen molar-refractivity contribution in [2.24, 2.45) is 0 Å². The summed E-state index contributed by atoms with van der Waals surface area (Å²) in [6.45, 7) is 5.78. The van der Waals surface area contributed by atoms with Crippen molar-refractivity contribution in [2.75, 3.05) is 39.3 Å². The van der Waals surface area contributed by atoms with Gasteiger partial charge in [-0.3, -0.25) is 10.1 Å². The zero-order valence-corrected chi connectivity index (χ0v) is 17.5. The third-order valence-corrected chi connectivity index (χ3v) is 6.81. The summed E-state index contributed by atoms with van der Waals surface area (Å²) < 4.78 is 37.8. The lowest BCUT2D eigenvalue weighted by Crippen LogP contribution is -2.52. The van der Waals surface area contributed by atoms with Crippen molar-refractivity contribution in [2.45, 2.75) is 24.8 Å². The second-order valence-corrected chi connectivity index (χ2v) is 8.75. The van der Waals surface area contributed by atoms with Crippen molar-refractivity contribution in [3.8, 4) is 5.75 Å². The topological polar surface area (TPSA) is 92.1 Å². The van der Waals surface area contributed by atoms with Crippen LogP contribution < -0.4 is 10.1 Å². The number of nitrogens with one attached hydrogen (secondary N) is 1. The minimum Gasteiger partial charge on any atom is -0.494 e. The SMILES string of the molecule is CCOc1ccc(S(=O)(=O)N2CCN(C(=O)CN[C@H](C)c3ccco3)CC2)cc1. The largest absolute Gasteiger partial charge is 0.494 e. The molecule has 29 heavy (non-hydrogen) atoms. The van der Waals surface area contributed by atoms with E-state index in [4.69, 9.17) is 9.15 Å². The maximum atomic E-state index is 12.8. The Labute approximate surface area is 171 Å². The Bertz CT molecular complexity index is 889. The number of hydrogen-bond donors (Lipinski definition) is 1. The van der Waals surface area contributed by atoms with E-state index < -0.39 is 10.0 Å². The first kappa shape index (κ1) is 21.4. The van der Waals surface area contributed by atoms with Gasteiger partial charge in [0.05, 0.1) is 30.4 Å². The van der Waals surface area contributed by atoms with Crippen molar-refractivity contribution >= 4 is 15.9 Å². The molecule has 8 nitrogen and oxygen atoms in total. The van der Waals surface area contributed by atoms with E-state index in [1.807, 2.05) is 19.9 Å². The number of ether oxygens (including phenoxy) is 1. The average molecular weight is 422 g/mol. The Hall–Kier alpha value is -2.36. The minimum absolute atomic E-state index is 0.0541. The molecule has 2 heterocycles. The normalized spacial score (nSPS) is 16.6. The second kappa shape index (κ2) is 9.43. The summed E-state index contributed by atoms with van der Waals surface area (Å²) in [4.78, 5) is 14.4. The molecule has 1 saturated heterocycles. The van der Waals surface area contributed by atoms with E-state index in [1.165, 1.54) is 4.31 Å². The molecule has 1 fully saturated rings. The van der Waals surface area contributed by atoms with Crippen LogP contribution in [0.2, 0.25) is 0 Å². The highest BCUT2D eigenvalue weighted by molar-refractivity contribution is 7.89. The quantitative estimate of drug-likeness (QED) is 0.700. The predicted octanol–water partition coefficient (Wildman–Crippen LogP) is 1.86. The summed E-state index contributed by atoms with van der Waals surface area (Å²) in [5, 5.41) is 3.14. The molecule has 0 bridgehead atoms. The average Bonchev–Trinajstić information content (AvgIpc) is 3.27. The lowest BCUT2D eigenvalue weighted by Gasteiger charge is -2.34. The predicted molar refractivity (Wildman–Crippen MR) is 108 cm³/mol. The molecule has 1 aliphatic heterocycles. The highest BCUT2D eigenvalue weighted by Crippen LogP contribution is 2.21. The Balaban J connectivity index is 1.51. The number of carbonyl (C=O) groups is 1. The molecule has 9 heteroatoms. The van der Waals surface area contributed by atoms with Gasteiger partial charge in [0.2, 0.25) is 15.9 Å². The highest BCUT2D eigenvalue weighted by Gasteiger charge is 2.30. The first-order valence-corrected chi connectivity index (χ1v) is 11.1. The van der Waals surface area contributed by atoms with Crippen molar-refractivity contribution in [1.29, 1.82) is 0 Å². The molecule has 1 atom stereocenters. The van der Waals surface area contributed by atoms with Crippen LogP contribution in [0.1, 0.15) is 25.6 Å². The van der Waals surface area contributed by atoms with Crippen LogP contribution in [0.5, 0.6) is 5.75 Å². The molecule has 1 aliphatic rings. The van der Waals surface area contributed by atoms with Crippen molar-refractivity contribution < 1.29 is 22.4 Å². The summed E-state index contributed by atoms with van der Waals surface area (Å²) >= 11 is 0. The zero-order valence-electron chi connectivity index (χ0n) is 16.7. The van der Waals surface area contributed by atoms with E-state index in [-0.39, 0.29) is 36.5 Å². The Morgan fingerprint density at radius 1 is 1.17 bits per heavy atom. The summed E-state index contributed by atoms with van der Waals surface area (Å²) in [6.07, 6.45) is 1.60. The molecule has 3 rings (SSSR count). The Morgan fingerprint density at radius 3 is 2.45 bits per heavy atom. The summed E-state index contributed by atoms with van der Waals surface area (Å²) in [5.41, 5.74) is 0. The lowest BCUT2D eigenvalue weighted by atomic mass is 10.2. The molecule has 0 unspecified atom stereocenters. The standard InChI is InChI=1S/C20H27N3O5S/c1-3-27-17-6-8-18(9-7-17)29(25,26)23-12-10-22(11-13-23)20(24)15-21-16(2)19-5-4-14-28-19/h4-9,14,16,21H,3,10-13,15H2,1-2H3/t16-/m1/s1. The molecule has 2 aromatic rings. The monoisotopic (exact) mass is 421 g/mol. The Morgan fingerprint density at radius 2 is 1.86 bits per heavy atom. The van der Waals surface area contributed by atoms with Gasteiger partial charge in [0, 0.05) is 26.2 Å². The third kappa shape index (κ3) is 5.17. The van der Waals surface area contributed by atoms with Gasteiger partial charge in [-0.1, -0.05) is 0 Å². The van der Waals surface area contributed by atoms with E-state index >= 15 is 0 Å². The molecule has 158 valence electrons. The minimum atomic E-state index is -3.59. The maximum Gasteiger partial charge on any atom is 0.243 e. The molecule has 1 N–H and O–H groups in total. The number of carbonyl (C=O) groups excluding carboxylic acids is 1. The van der Waals surface area contributed by atoms with Crippen LogP contribution in [0.3, 0.4) is 0 Å². The number of furan rings is 1. The van der Waals surface area contributed by atoms with Gasteiger partial charge in [-0.25, -0.2) is 8.42 Å². The van der Waals surface area contributed by atoms with Gasteiger partial charge in [-0.05, 0) is 50.2 Å². The van der Waals surface area contributed by atoms with Crippen LogP contribution in [-0.2, 0) is 14.8 Å². The highest BCUT2D eigenvalue weighted by atomic mass is 32.2. The van der Waals surface area contributed by atoms with E-state index in [2.05, 4.69) is 5.32 Å². The maximum absolute atomic E-state index is 12.8. The van der Waals surface area contributed by atoms with Gasteiger partial charge in [-0.15, -0.1) is 0 Å². The molecule has 0 spiro atoms. The van der Waals surface area contributed by atoms with Crippen molar-refractivity contribution in [3.05, 3.63) is 48.4 Å². The van der Waals surface area contributed by atoms with Gasteiger partial charge in [0.25, 0.3) is 0 Å². The fourth-order valence-corrected chi connectivity index (χ4v) is 4.61. The summed E-state index contributed by atoms with van der Waals surface area (Å²) in [5.74, 6) is 1.35. The number of amides is 1. The summed E-state index contributed by atoms with van der Waals surface area (Å²) in [7, 11) is -3.59. The first-order valence-electron chi connectivity index (χ1n) is 9.69. The lowest BCUT2D eigenvalue weighted by molar-refractivity contribution is -0.131. The van der Waals surface area contributed by atoms with Crippen molar-refractivity contribution in [1.82, 2.24) is 14.5 Å². The van der Waals surface area contributed by atoms with Crippen LogP contribution in [0, 0.1) is 0 Å². The third-order valence-electron chi connectivity index (χ3n) is 4.89. The first-order chi connectivity index (χ1) is 13.9. The van der Waals surface area contributed by atoms with Crippen molar-refractivity contribution in [3.63, 3.8) is 0 Å². The van der Waals surface area contributed by atoms with Crippen LogP contribution in [0.15, 0.2) is 52.0 Å². The smallest absolute Gasteiger partial charge is 0.243 e. The van der Waals surface area contributed by atoms with Crippen LogP contribution in [0.4, 0.5) is 0 Å². The zero-order chi connectivity index (χ0) is 20.9. The molecule has 1 aromatic heterocycles. The number of hydrogen-bond acceptors (Lipinski definition) is 6. The molecule has 0 radical (unpaired) electrons. The number of benzene rings is 1. The van der Waals surface area contributed by atoms with Crippen LogP contribution in [0.25, 0.3) is 0 Å². The molecular formula is C20H27N3O5S. The van der Waals surface area contributed by atoms with Gasteiger partial charge in [-0.2, -0.15) is 4.31 Å². The fourth-order valence-electron chi connectivity index (χ4n) is 3.19. The van der Waals surface area contributed by atoms with Crippen LogP contribution in [-0.4, -0.2) is 62.9 Å². The number of sulfonamides is 1. The molecule has 1 aromatic carbocycles. The van der Waals surface area contributed by atoms with E-state index in [9.17, 15) is 13.2 Å². The molecule has 1 amide bonds. The molecular weight excluding hydrogens is 394 g/mol. The van der Waals surface area contributed by atoms with E-state index in [0.29, 0.717) is 25.4 Å². The van der Waals surface area contributed by atoms with E-state index in [0.717, 1.165) is 5.76 Å². The number of nitrogens with zero attached hydrogens (tertiary/aromatic N) is 2. The van der Waals surface area contributed by atoms with Gasteiger partial charge < -0.3 is 14.1 Å². The number of piperazine rings is 1. The van der Waals surface area contributed by atoms with Gasteiger partial charge in [0.15, 0.2) is 0 Å². The molecule has 0 aliphatic carbocycles. The summed E-state index contributed by atoms with van der Waals surface area (Å²) in [6, 6.07) is 10.0. The fraction of sp³-hybridized carbons (Fsp3) is 0.450. The van der Waals surface area contributed by atoms with Gasteiger partial charge in [0.1, 0.15) is 11.5 Å². The Kier molecular flexibility index (Phi) is 6.94. The second-order valence-electron chi connectivity index (χ2n) is 6.81. The van der Waals surface area contributed by atoms with Crippen LogP contribution >= 0.6 is 0 Å². The van der Waals surface area contributed by atoms with E-state index in [1.54, 1.807) is 41.5 Å².